The molecule has 0 aliphatic heterocycles. The van der Waals surface area contributed by atoms with Crippen LogP contribution in [-0.2, 0) is 0 Å². The summed E-state index contributed by atoms with van der Waals surface area (Å²) in [7, 11) is 4.62. The highest BCUT2D eigenvalue weighted by molar-refractivity contribution is 6.42. The van der Waals surface area contributed by atoms with Gasteiger partial charge in [-0.1, -0.05) is 95.2 Å². The van der Waals surface area contributed by atoms with E-state index in [2.05, 4.69) is 60.8 Å². The van der Waals surface area contributed by atoms with Crippen molar-refractivity contribution in [2.45, 2.75) is 96.6 Å². The molecule has 0 aromatic carbocycles. The average molecular weight is 302 g/mol. The Kier molecular flexibility index (Phi) is 14.0. The molecule has 0 radical (unpaired) electrons. The molecule has 0 saturated carbocycles. The van der Waals surface area contributed by atoms with Crippen molar-refractivity contribution in [3.05, 3.63) is 24.3 Å². The van der Waals surface area contributed by atoms with E-state index < -0.39 is 0 Å². The summed E-state index contributed by atoms with van der Waals surface area (Å²) < 4.78 is 0. The van der Waals surface area contributed by atoms with Gasteiger partial charge in [-0.05, 0) is 31.6 Å². The van der Waals surface area contributed by atoms with Crippen LogP contribution in [0.15, 0.2) is 24.3 Å². The molecule has 22 heavy (non-hydrogen) atoms. The maximum atomic E-state index is 2.39. The van der Waals surface area contributed by atoms with Crippen molar-refractivity contribution in [1.29, 1.82) is 0 Å². The van der Waals surface area contributed by atoms with E-state index in [1.807, 2.05) is 0 Å². The second-order valence-corrected chi connectivity index (χ2v) is 7.86. The van der Waals surface area contributed by atoms with Gasteiger partial charge in [0.15, 0.2) is 0 Å². The molecule has 0 aromatic rings. The molecule has 0 aliphatic carbocycles. The molecule has 0 amide bonds. The van der Waals surface area contributed by atoms with Crippen molar-refractivity contribution in [2.24, 2.45) is 5.92 Å². The summed E-state index contributed by atoms with van der Waals surface area (Å²) in [4.78, 5) is 0. The Morgan fingerprint density at radius 3 is 1.82 bits per heavy atom. The lowest BCUT2D eigenvalue weighted by molar-refractivity contribution is 0.516. The van der Waals surface area contributed by atoms with E-state index in [0.29, 0.717) is 0 Å². The standard InChI is InChI=1S/C20H40B2/c1-4-5-6-11-14-17-20(21,22)18-15-12-9-7-8-10-13-16-19(2)3/h14-15,17-19H,4-13,16,21-22H2,1-3H3/b17-14-,18-15-. The third-order valence-corrected chi connectivity index (χ3v) is 4.22. The van der Waals surface area contributed by atoms with Gasteiger partial charge >= 0.3 is 0 Å². The zero-order valence-corrected chi connectivity index (χ0v) is 16.2. The predicted octanol–water partition coefficient (Wildman–Crippen LogP) is 5.45. The first kappa shape index (κ1) is 21.6. The lowest BCUT2D eigenvalue weighted by Gasteiger charge is -2.14. The van der Waals surface area contributed by atoms with E-state index in [4.69, 9.17) is 0 Å². The number of hydrogen-bond acceptors (Lipinski definition) is 0. The van der Waals surface area contributed by atoms with Crippen LogP contribution in [0.5, 0.6) is 0 Å². The zero-order chi connectivity index (χ0) is 16.7. The van der Waals surface area contributed by atoms with Crippen molar-refractivity contribution in [1.82, 2.24) is 0 Å². The van der Waals surface area contributed by atoms with E-state index in [-0.39, 0.29) is 5.21 Å². The number of hydrogen-bond donors (Lipinski definition) is 0. The van der Waals surface area contributed by atoms with Gasteiger partial charge in [0.2, 0.25) is 0 Å². The second-order valence-electron chi connectivity index (χ2n) is 7.86. The Balaban J connectivity index is 3.60. The van der Waals surface area contributed by atoms with E-state index in [0.717, 1.165) is 5.92 Å². The lowest BCUT2D eigenvalue weighted by atomic mass is 9.54. The summed E-state index contributed by atoms with van der Waals surface area (Å²) in [6.07, 6.45) is 24.4. The van der Waals surface area contributed by atoms with Crippen LogP contribution in [0.25, 0.3) is 0 Å². The molecule has 0 aromatic heterocycles. The topological polar surface area (TPSA) is 0 Å². The number of allylic oxidation sites excluding steroid dienone is 4. The third-order valence-electron chi connectivity index (χ3n) is 4.22. The van der Waals surface area contributed by atoms with E-state index in [1.165, 1.54) is 70.6 Å². The predicted molar refractivity (Wildman–Crippen MR) is 109 cm³/mol. The smallest absolute Gasteiger partial charge is 0.0944 e. The summed E-state index contributed by atoms with van der Waals surface area (Å²) >= 11 is 0. The van der Waals surface area contributed by atoms with Crippen molar-refractivity contribution in [3.63, 3.8) is 0 Å². The molecule has 0 rings (SSSR count). The first-order valence-electron chi connectivity index (χ1n) is 9.83. The molecule has 0 heterocycles. The fourth-order valence-electron chi connectivity index (χ4n) is 2.69. The quantitative estimate of drug-likeness (QED) is 0.227. The van der Waals surface area contributed by atoms with Gasteiger partial charge in [-0.25, -0.2) is 0 Å². The third kappa shape index (κ3) is 16.0. The average Bonchev–Trinajstić information content (AvgIpc) is 2.45. The minimum Gasteiger partial charge on any atom is -0.0944 e. The van der Waals surface area contributed by atoms with Crippen LogP contribution >= 0.6 is 0 Å². The maximum Gasteiger partial charge on any atom is 0.108 e. The zero-order valence-electron chi connectivity index (χ0n) is 16.2. The SMILES string of the molecule is BC(B)(/C=C\CCCCC)/C=C\CCCCCCCC(C)C. The van der Waals surface area contributed by atoms with E-state index in [9.17, 15) is 0 Å². The highest BCUT2D eigenvalue weighted by atomic mass is 14.0. The summed E-state index contributed by atoms with van der Waals surface area (Å²) in [6, 6.07) is 0. The van der Waals surface area contributed by atoms with Gasteiger partial charge in [0.1, 0.15) is 15.7 Å². The maximum absolute atomic E-state index is 2.39. The summed E-state index contributed by atoms with van der Waals surface area (Å²) in [5.41, 5.74) is 0. The first-order chi connectivity index (χ1) is 10.5. The molecule has 0 unspecified atom stereocenters. The van der Waals surface area contributed by atoms with Gasteiger partial charge in [0.05, 0.1) is 0 Å². The molecule has 2 heteroatoms. The number of rotatable bonds is 14. The Hall–Kier alpha value is -0.390. The number of unbranched alkanes of at least 4 members (excludes halogenated alkanes) is 8. The molecule has 0 spiro atoms. The molecule has 0 atom stereocenters. The van der Waals surface area contributed by atoms with Crippen LogP contribution in [0.4, 0.5) is 0 Å². The largest absolute Gasteiger partial charge is 0.108 e. The molecular formula is C20H40B2. The summed E-state index contributed by atoms with van der Waals surface area (Å²) in [6.45, 7) is 6.91. The van der Waals surface area contributed by atoms with Crippen LogP contribution in [0.3, 0.4) is 0 Å². The van der Waals surface area contributed by atoms with Crippen LogP contribution in [-0.4, -0.2) is 15.7 Å². The molecule has 126 valence electrons. The summed E-state index contributed by atoms with van der Waals surface area (Å²) in [5.74, 6) is 0.875. The Bertz CT molecular complexity index is 290. The fraction of sp³-hybridized carbons (Fsp3) is 0.800. The Morgan fingerprint density at radius 1 is 0.773 bits per heavy atom. The van der Waals surface area contributed by atoms with Gasteiger partial charge in [-0.2, -0.15) is 0 Å². The minimum absolute atomic E-state index is 0.226. The van der Waals surface area contributed by atoms with E-state index in [1.54, 1.807) is 0 Å². The van der Waals surface area contributed by atoms with Gasteiger partial charge in [-0.15, -0.1) is 0 Å². The Morgan fingerprint density at radius 2 is 1.27 bits per heavy atom. The van der Waals surface area contributed by atoms with Gasteiger partial charge < -0.3 is 0 Å². The molecule has 0 fully saturated rings. The highest BCUT2D eigenvalue weighted by Crippen LogP contribution is 2.21. The van der Waals surface area contributed by atoms with Crippen molar-refractivity contribution < 1.29 is 0 Å². The lowest BCUT2D eigenvalue weighted by Crippen LogP contribution is -2.05. The second kappa shape index (κ2) is 14.2. The molecular weight excluding hydrogens is 262 g/mol. The minimum atomic E-state index is 0.226. The molecule has 0 N–H and O–H groups in total. The van der Waals surface area contributed by atoms with Crippen molar-refractivity contribution in [3.8, 4) is 0 Å². The molecule has 0 aliphatic rings. The first-order valence-corrected chi connectivity index (χ1v) is 9.83. The normalized spacial score (nSPS) is 12.9. The fourth-order valence-corrected chi connectivity index (χ4v) is 2.69. The highest BCUT2D eigenvalue weighted by Gasteiger charge is 2.08. The van der Waals surface area contributed by atoms with Crippen LogP contribution in [0, 0.1) is 5.92 Å². The van der Waals surface area contributed by atoms with Crippen LogP contribution in [0.1, 0.15) is 91.4 Å². The van der Waals surface area contributed by atoms with Gasteiger partial charge in [-0.3, -0.25) is 0 Å². The molecule has 0 nitrogen and oxygen atoms in total. The Labute approximate surface area is 143 Å². The molecule has 0 bridgehead atoms. The van der Waals surface area contributed by atoms with Crippen LogP contribution < -0.4 is 0 Å². The molecule has 0 saturated heterocycles. The van der Waals surface area contributed by atoms with Gasteiger partial charge in [0, 0.05) is 0 Å². The van der Waals surface area contributed by atoms with Crippen molar-refractivity contribution in [2.75, 3.05) is 0 Å². The van der Waals surface area contributed by atoms with E-state index >= 15 is 0 Å². The summed E-state index contributed by atoms with van der Waals surface area (Å²) in [5, 5.41) is 0.226. The van der Waals surface area contributed by atoms with Gasteiger partial charge in [0.25, 0.3) is 0 Å². The monoisotopic (exact) mass is 302 g/mol. The van der Waals surface area contributed by atoms with Crippen LogP contribution in [0.2, 0.25) is 5.21 Å². The van der Waals surface area contributed by atoms with Crippen molar-refractivity contribution >= 4 is 15.7 Å².